The third-order valence-electron chi connectivity index (χ3n) is 5.03. The lowest BCUT2D eigenvalue weighted by molar-refractivity contribution is 0.0953. The summed E-state index contributed by atoms with van der Waals surface area (Å²) in [5.74, 6) is 1.11. The van der Waals surface area contributed by atoms with Crippen molar-refractivity contribution in [1.82, 2.24) is 24.4 Å². The Hall–Kier alpha value is -1.91. The van der Waals surface area contributed by atoms with Gasteiger partial charge in [0.15, 0.2) is 5.16 Å². The van der Waals surface area contributed by atoms with Crippen LogP contribution in [-0.4, -0.2) is 60.3 Å². The minimum absolute atomic E-state index is 0.161. The van der Waals surface area contributed by atoms with Gasteiger partial charge in [-0.05, 0) is 55.7 Å². The second-order valence-electron chi connectivity index (χ2n) is 8.17. The van der Waals surface area contributed by atoms with Gasteiger partial charge in [-0.15, -0.1) is 10.2 Å². The van der Waals surface area contributed by atoms with E-state index in [0.717, 1.165) is 27.4 Å². The van der Waals surface area contributed by atoms with Gasteiger partial charge in [-0.2, -0.15) is 0 Å². The summed E-state index contributed by atoms with van der Waals surface area (Å²) in [4.78, 5) is 12.8. The maximum absolute atomic E-state index is 12.7. The molecule has 0 unspecified atom stereocenters. The van der Waals surface area contributed by atoms with Crippen LogP contribution in [-0.2, 0) is 23.0 Å². The molecule has 1 N–H and O–H groups in total. The van der Waals surface area contributed by atoms with Gasteiger partial charge in [0.2, 0.25) is 10.0 Å². The Morgan fingerprint density at radius 1 is 1.23 bits per heavy atom. The first-order chi connectivity index (χ1) is 14.5. The number of nitrogens with zero attached hydrogens (tertiary/aromatic N) is 4. The van der Waals surface area contributed by atoms with E-state index in [9.17, 15) is 13.2 Å². The maximum atomic E-state index is 12.7. The summed E-state index contributed by atoms with van der Waals surface area (Å²) in [5, 5.41) is 12.3. The third-order valence-corrected chi connectivity index (χ3v) is 7.64. The lowest BCUT2D eigenvalue weighted by Gasteiger charge is -2.16. The predicted molar refractivity (Wildman–Crippen MR) is 124 cm³/mol. The van der Waals surface area contributed by atoms with Gasteiger partial charge in [0.05, 0.1) is 4.90 Å². The first-order valence-electron chi connectivity index (χ1n) is 10.3. The number of carbonyl (C=O) groups is 1. The number of hydrogen-bond donors (Lipinski definition) is 1. The molecule has 31 heavy (non-hydrogen) atoms. The Bertz CT molecular complexity index is 1030. The van der Waals surface area contributed by atoms with Crippen LogP contribution in [0.5, 0.6) is 0 Å². The highest BCUT2D eigenvalue weighted by Crippen LogP contribution is 2.23. The minimum Gasteiger partial charge on any atom is -0.352 e. The molecule has 0 fully saturated rings. The number of nitrogens with one attached hydrogen (secondary N) is 1. The van der Waals surface area contributed by atoms with Crippen molar-refractivity contribution >= 4 is 27.7 Å². The van der Waals surface area contributed by atoms with E-state index in [-0.39, 0.29) is 10.8 Å². The van der Waals surface area contributed by atoms with Crippen LogP contribution >= 0.6 is 11.8 Å². The fourth-order valence-electron chi connectivity index (χ4n) is 3.18. The maximum Gasteiger partial charge on any atom is 0.251 e. The lowest BCUT2D eigenvalue weighted by atomic mass is 10.1. The molecule has 1 amide bonds. The summed E-state index contributed by atoms with van der Waals surface area (Å²) in [5.41, 5.74) is 1.76. The Morgan fingerprint density at radius 2 is 1.90 bits per heavy atom. The number of sulfonamides is 1. The summed E-state index contributed by atoms with van der Waals surface area (Å²) in [6.45, 7) is 9.20. The number of benzene rings is 1. The Kier molecular flexibility index (Phi) is 8.67. The third kappa shape index (κ3) is 6.08. The number of thioether (sulfide) groups is 1. The predicted octanol–water partition coefficient (Wildman–Crippen LogP) is 2.89. The monoisotopic (exact) mass is 467 g/mol. The lowest BCUT2D eigenvalue weighted by Crippen LogP contribution is -2.27. The highest BCUT2D eigenvalue weighted by Gasteiger charge is 2.23. The average Bonchev–Trinajstić information content (AvgIpc) is 3.07. The Morgan fingerprint density at radius 3 is 2.48 bits per heavy atom. The van der Waals surface area contributed by atoms with Crippen molar-refractivity contribution in [1.29, 1.82) is 0 Å². The van der Waals surface area contributed by atoms with E-state index in [4.69, 9.17) is 0 Å². The van der Waals surface area contributed by atoms with E-state index in [1.807, 2.05) is 13.2 Å². The zero-order chi connectivity index (χ0) is 23.3. The molecular weight excluding hydrogens is 434 g/mol. The van der Waals surface area contributed by atoms with Crippen molar-refractivity contribution in [2.45, 2.75) is 57.1 Å². The SMILES string of the molecule is CSc1nnc(CCCNC(=O)c2cc(C)c(C)c(S(=O)(=O)N(C)C)c2)n1CC(C)C. The smallest absolute Gasteiger partial charge is 0.251 e. The van der Waals surface area contributed by atoms with Crippen molar-refractivity contribution in [3.8, 4) is 0 Å². The summed E-state index contributed by atoms with van der Waals surface area (Å²) in [6.07, 6.45) is 3.40. The number of aromatic nitrogens is 3. The van der Waals surface area contributed by atoms with Crippen molar-refractivity contribution < 1.29 is 13.2 Å². The van der Waals surface area contributed by atoms with Gasteiger partial charge in [0.1, 0.15) is 5.82 Å². The standard InChI is InChI=1S/C21H33N5O3S2/c1-14(2)13-26-19(23-24-21(26)30-7)9-8-10-22-20(27)17-11-15(3)16(4)18(12-17)31(28,29)25(5)6/h11-12,14H,8-10,13H2,1-7H3,(H,22,27). The molecule has 1 aromatic carbocycles. The number of aryl methyl sites for hydroxylation is 2. The molecule has 2 aromatic rings. The zero-order valence-electron chi connectivity index (χ0n) is 19.4. The molecule has 0 aliphatic rings. The van der Waals surface area contributed by atoms with Crippen LogP contribution in [0.15, 0.2) is 22.2 Å². The Labute approximate surface area is 189 Å². The van der Waals surface area contributed by atoms with Crippen LogP contribution in [0, 0.1) is 19.8 Å². The minimum atomic E-state index is -3.63. The van der Waals surface area contributed by atoms with Crippen LogP contribution < -0.4 is 5.32 Å². The van der Waals surface area contributed by atoms with Gasteiger partial charge in [-0.25, -0.2) is 12.7 Å². The first-order valence-corrected chi connectivity index (χ1v) is 12.9. The normalized spacial score (nSPS) is 12.0. The van der Waals surface area contributed by atoms with E-state index < -0.39 is 10.0 Å². The molecule has 172 valence electrons. The van der Waals surface area contributed by atoms with Crippen LogP contribution in [0.4, 0.5) is 0 Å². The largest absolute Gasteiger partial charge is 0.352 e. The zero-order valence-corrected chi connectivity index (χ0v) is 21.0. The highest BCUT2D eigenvalue weighted by molar-refractivity contribution is 7.98. The van der Waals surface area contributed by atoms with E-state index in [2.05, 4.69) is 33.9 Å². The summed E-state index contributed by atoms with van der Waals surface area (Å²) < 4.78 is 28.5. The highest BCUT2D eigenvalue weighted by atomic mass is 32.2. The van der Waals surface area contributed by atoms with Gasteiger partial charge in [-0.1, -0.05) is 25.6 Å². The quantitative estimate of drug-likeness (QED) is 0.426. The van der Waals surface area contributed by atoms with Gasteiger partial charge in [-0.3, -0.25) is 4.79 Å². The molecule has 10 heteroatoms. The van der Waals surface area contributed by atoms with Gasteiger partial charge in [0, 0.05) is 39.2 Å². The molecule has 0 saturated heterocycles. The average molecular weight is 468 g/mol. The summed E-state index contributed by atoms with van der Waals surface area (Å²) in [7, 11) is -0.662. The summed E-state index contributed by atoms with van der Waals surface area (Å²) >= 11 is 1.57. The van der Waals surface area contributed by atoms with Crippen molar-refractivity contribution in [2.24, 2.45) is 5.92 Å². The van der Waals surface area contributed by atoms with Gasteiger partial charge < -0.3 is 9.88 Å². The molecule has 0 atom stereocenters. The Balaban J connectivity index is 2.06. The fraction of sp³-hybridized carbons (Fsp3) is 0.571. The molecule has 0 saturated carbocycles. The summed E-state index contributed by atoms with van der Waals surface area (Å²) in [6, 6.07) is 3.18. The molecule has 0 spiro atoms. The molecule has 0 aliphatic heterocycles. The van der Waals surface area contributed by atoms with Crippen LogP contribution in [0.25, 0.3) is 0 Å². The van der Waals surface area contributed by atoms with Crippen LogP contribution in [0.3, 0.4) is 0 Å². The number of hydrogen-bond acceptors (Lipinski definition) is 6. The van der Waals surface area contributed by atoms with Gasteiger partial charge >= 0.3 is 0 Å². The van der Waals surface area contributed by atoms with E-state index in [1.165, 1.54) is 20.2 Å². The van der Waals surface area contributed by atoms with Crippen LogP contribution in [0.2, 0.25) is 0 Å². The van der Waals surface area contributed by atoms with Crippen molar-refractivity contribution in [3.63, 3.8) is 0 Å². The van der Waals surface area contributed by atoms with E-state index >= 15 is 0 Å². The fourth-order valence-corrected chi connectivity index (χ4v) is 4.92. The van der Waals surface area contributed by atoms with Crippen molar-refractivity contribution in [2.75, 3.05) is 26.9 Å². The van der Waals surface area contributed by atoms with Crippen LogP contribution in [0.1, 0.15) is 47.6 Å². The number of amides is 1. The first kappa shape index (κ1) is 25.4. The molecule has 1 heterocycles. The second kappa shape index (κ2) is 10.6. The molecule has 0 bridgehead atoms. The molecule has 2 rings (SSSR count). The topological polar surface area (TPSA) is 97.2 Å². The second-order valence-corrected chi connectivity index (χ2v) is 11.1. The van der Waals surface area contributed by atoms with E-state index in [0.29, 0.717) is 36.4 Å². The molecule has 0 radical (unpaired) electrons. The van der Waals surface area contributed by atoms with Gasteiger partial charge in [0.25, 0.3) is 5.91 Å². The van der Waals surface area contributed by atoms with Crippen molar-refractivity contribution in [3.05, 3.63) is 34.6 Å². The number of carbonyl (C=O) groups excluding carboxylic acids is 1. The van der Waals surface area contributed by atoms with E-state index in [1.54, 1.807) is 24.8 Å². The molecule has 8 nitrogen and oxygen atoms in total. The number of rotatable bonds is 10. The molecular formula is C21H33N5O3S2. The molecule has 1 aromatic heterocycles. The molecule has 0 aliphatic carbocycles.